The van der Waals surface area contributed by atoms with Crippen LogP contribution in [0.15, 0.2) is 28.2 Å². The highest BCUT2D eigenvalue weighted by Gasteiger charge is 2.09. The average Bonchev–Trinajstić information content (AvgIpc) is 2.85. The van der Waals surface area contributed by atoms with Gasteiger partial charge in [-0.25, -0.2) is 4.98 Å². The molecule has 0 bridgehead atoms. The van der Waals surface area contributed by atoms with E-state index in [0.29, 0.717) is 0 Å². The van der Waals surface area contributed by atoms with Gasteiger partial charge in [-0.2, -0.15) is 0 Å². The molecule has 15 heavy (non-hydrogen) atoms. The Morgan fingerprint density at radius 1 is 1.60 bits per heavy atom. The van der Waals surface area contributed by atoms with E-state index in [0.717, 1.165) is 29.3 Å². The molecule has 3 nitrogen and oxygen atoms in total. The van der Waals surface area contributed by atoms with Gasteiger partial charge in [0.1, 0.15) is 0 Å². The van der Waals surface area contributed by atoms with Gasteiger partial charge in [-0.15, -0.1) is 11.3 Å². The molecule has 0 radical (unpaired) electrons. The highest BCUT2D eigenvalue weighted by atomic mass is 32.1. The van der Waals surface area contributed by atoms with Crippen LogP contribution in [0.4, 0.5) is 0 Å². The zero-order valence-corrected chi connectivity index (χ0v) is 9.46. The van der Waals surface area contributed by atoms with Crippen molar-refractivity contribution in [3.05, 3.63) is 29.5 Å². The van der Waals surface area contributed by atoms with Gasteiger partial charge in [-0.3, -0.25) is 0 Å². The molecule has 0 aromatic carbocycles. The first-order valence-electron chi connectivity index (χ1n) is 5.03. The highest BCUT2D eigenvalue weighted by molar-refractivity contribution is 7.13. The van der Waals surface area contributed by atoms with Crippen molar-refractivity contribution in [3.63, 3.8) is 0 Å². The van der Waals surface area contributed by atoms with Gasteiger partial charge < -0.3 is 10.2 Å². The predicted molar refractivity (Wildman–Crippen MR) is 61.8 cm³/mol. The standard InChI is InChI=1S/C11H14N2OS/c1-2-8(12)6-9-7-15-11(13-9)10-4-3-5-14-10/h3-5,7-8H,2,6,12H2,1H3. The maximum atomic E-state index is 5.87. The van der Waals surface area contributed by atoms with Crippen LogP contribution in [0.2, 0.25) is 0 Å². The van der Waals surface area contributed by atoms with Crippen LogP contribution in [0.1, 0.15) is 19.0 Å². The molecule has 0 amide bonds. The molecule has 0 aliphatic carbocycles. The first kappa shape index (κ1) is 10.4. The summed E-state index contributed by atoms with van der Waals surface area (Å²) < 4.78 is 5.28. The highest BCUT2D eigenvalue weighted by Crippen LogP contribution is 2.24. The number of nitrogens with two attached hydrogens (primary N) is 1. The Bertz CT molecular complexity index is 408. The fraction of sp³-hybridized carbons (Fsp3) is 0.364. The second-order valence-electron chi connectivity index (χ2n) is 3.49. The first-order chi connectivity index (χ1) is 7.29. The normalized spacial score (nSPS) is 12.9. The molecule has 0 aliphatic rings. The van der Waals surface area contributed by atoms with Gasteiger partial charge in [-0.1, -0.05) is 6.92 Å². The number of hydrogen-bond donors (Lipinski definition) is 1. The summed E-state index contributed by atoms with van der Waals surface area (Å²) >= 11 is 1.60. The zero-order chi connectivity index (χ0) is 10.7. The molecule has 2 heterocycles. The zero-order valence-electron chi connectivity index (χ0n) is 8.64. The van der Waals surface area contributed by atoms with Crippen molar-refractivity contribution in [1.82, 2.24) is 4.98 Å². The van der Waals surface area contributed by atoms with E-state index in [4.69, 9.17) is 10.2 Å². The third-order valence-corrected chi connectivity index (χ3v) is 3.19. The lowest BCUT2D eigenvalue weighted by atomic mass is 10.1. The summed E-state index contributed by atoms with van der Waals surface area (Å²) in [6.45, 7) is 2.09. The molecular weight excluding hydrogens is 208 g/mol. The third-order valence-electron chi connectivity index (χ3n) is 2.28. The van der Waals surface area contributed by atoms with Gasteiger partial charge in [0, 0.05) is 17.8 Å². The number of aromatic nitrogens is 1. The minimum Gasteiger partial charge on any atom is -0.462 e. The first-order valence-corrected chi connectivity index (χ1v) is 5.91. The van der Waals surface area contributed by atoms with Crippen molar-refractivity contribution in [1.29, 1.82) is 0 Å². The largest absolute Gasteiger partial charge is 0.462 e. The maximum Gasteiger partial charge on any atom is 0.162 e. The van der Waals surface area contributed by atoms with Crippen LogP contribution in [0.5, 0.6) is 0 Å². The summed E-state index contributed by atoms with van der Waals surface area (Å²) in [4.78, 5) is 4.49. The van der Waals surface area contributed by atoms with Crippen LogP contribution in [-0.2, 0) is 6.42 Å². The third kappa shape index (κ3) is 2.46. The van der Waals surface area contributed by atoms with Gasteiger partial charge in [0.15, 0.2) is 10.8 Å². The van der Waals surface area contributed by atoms with Gasteiger partial charge in [0.05, 0.1) is 12.0 Å². The van der Waals surface area contributed by atoms with Gasteiger partial charge in [0.25, 0.3) is 0 Å². The van der Waals surface area contributed by atoms with Crippen LogP contribution >= 0.6 is 11.3 Å². The van der Waals surface area contributed by atoms with E-state index < -0.39 is 0 Å². The Labute approximate surface area is 92.9 Å². The van der Waals surface area contributed by atoms with E-state index in [1.807, 2.05) is 17.5 Å². The Morgan fingerprint density at radius 2 is 2.47 bits per heavy atom. The van der Waals surface area contributed by atoms with Crippen LogP contribution in [0.3, 0.4) is 0 Å². The monoisotopic (exact) mass is 222 g/mol. The minimum atomic E-state index is 0.205. The molecule has 0 aliphatic heterocycles. The lowest BCUT2D eigenvalue weighted by molar-refractivity contribution is 0.581. The van der Waals surface area contributed by atoms with Crippen molar-refractivity contribution in [2.24, 2.45) is 5.73 Å². The molecule has 0 saturated heterocycles. The van der Waals surface area contributed by atoms with Crippen LogP contribution in [0.25, 0.3) is 10.8 Å². The van der Waals surface area contributed by atoms with Gasteiger partial charge in [-0.05, 0) is 18.6 Å². The van der Waals surface area contributed by atoms with Crippen LogP contribution < -0.4 is 5.73 Å². The van der Waals surface area contributed by atoms with Gasteiger partial charge in [0.2, 0.25) is 0 Å². The molecule has 2 N–H and O–H groups in total. The molecular formula is C11H14N2OS. The molecule has 0 fully saturated rings. The topological polar surface area (TPSA) is 52.0 Å². The summed E-state index contributed by atoms with van der Waals surface area (Å²) in [7, 11) is 0. The molecule has 0 saturated carbocycles. The summed E-state index contributed by atoms with van der Waals surface area (Å²) in [5, 5.41) is 2.98. The molecule has 1 unspecified atom stereocenters. The van der Waals surface area contributed by atoms with Crippen LogP contribution in [0, 0.1) is 0 Å². The van der Waals surface area contributed by atoms with E-state index in [1.54, 1.807) is 17.6 Å². The molecule has 2 aromatic heterocycles. The van der Waals surface area contributed by atoms with E-state index in [2.05, 4.69) is 11.9 Å². The van der Waals surface area contributed by atoms with Crippen molar-refractivity contribution in [2.75, 3.05) is 0 Å². The maximum absolute atomic E-state index is 5.87. The molecule has 2 aromatic rings. The number of thiazole rings is 1. The Balaban J connectivity index is 2.11. The fourth-order valence-corrected chi connectivity index (χ4v) is 2.13. The quantitative estimate of drug-likeness (QED) is 0.865. The van der Waals surface area contributed by atoms with Crippen molar-refractivity contribution < 1.29 is 4.42 Å². The van der Waals surface area contributed by atoms with E-state index >= 15 is 0 Å². The van der Waals surface area contributed by atoms with Crippen LogP contribution in [-0.4, -0.2) is 11.0 Å². The van der Waals surface area contributed by atoms with Gasteiger partial charge >= 0.3 is 0 Å². The Kier molecular flexibility index (Phi) is 3.18. The number of rotatable bonds is 4. The average molecular weight is 222 g/mol. The number of furan rings is 1. The summed E-state index contributed by atoms with van der Waals surface area (Å²) in [5.41, 5.74) is 6.93. The second-order valence-corrected chi connectivity index (χ2v) is 4.35. The minimum absolute atomic E-state index is 0.205. The number of nitrogens with zero attached hydrogens (tertiary/aromatic N) is 1. The molecule has 4 heteroatoms. The lowest BCUT2D eigenvalue weighted by Crippen LogP contribution is -2.21. The van der Waals surface area contributed by atoms with Crippen molar-refractivity contribution >= 4 is 11.3 Å². The molecule has 2 rings (SSSR count). The SMILES string of the molecule is CCC(N)Cc1csc(-c2ccco2)n1. The summed E-state index contributed by atoms with van der Waals surface area (Å²) in [5.74, 6) is 0.830. The number of hydrogen-bond acceptors (Lipinski definition) is 4. The van der Waals surface area contributed by atoms with Crippen molar-refractivity contribution in [3.8, 4) is 10.8 Å². The summed E-state index contributed by atoms with van der Waals surface area (Å²) in [6, 6.07) is 3.99. The Morgan fingerprint density at radius 3 is 3.13 bits per heavy atom. The predicted octanol–water partition coefficient (Wildman–Crippen LogP) is 2.68. The fourth-order valence-electron chi connectivity index (χ4n) is 1.33. The van der Waals surface area contributed by atoms with E-state index in [9.17, 15) is 0 Å². The molecule has 1 atom stereocenters. The lowest BCUT2D eigenvalue weighted by Gasteiger charge is -2.04. The molecule has 0 spiro atoms. The van der Waals surface area contributed by atoms with E-state index in [1.165, 1.54) is 0 Å². The van der Waals surface area contributed by atoms with Crippen molar-refractivity contribution in [2.45, 2.75) is 25.8 Å². The molecule has 80 valence electrons. The summed E-state index contributed by atoms with van der Waals surface area (Å²) in [6.07, 6.45) is 3.48. The Hall–Kier alpha value is -1.13. The van der Waals surface area contributed by atoms with E-state index in [-0.39, 0.29) is 6.04 Å². The second kappa shape index (κ2) is 4.59. The smallest absolute Gasteiger partial charge is 0.162 e.